The summed E-state index contributed by atoms with van der Waals surface area (Å²) < 4.78 is 0. The fourth-order valence-electron chi connectivity index (χ4n) is 3.41. The third-order valence-corrected chi connectivity index (χ3v) is 5.98. The van der Waals surface area contributed by atoms with Gasteiger partial charge in [-0.25, -0.2) is 4.79 Å². The van der Waals surface area contributed by atoms with Crippen molar-refractivity contribution >= 4 is 41.4 Å². The number of phenolic OH excluding ortho intramolecular Hbond substituents is 1. The molecule has 206 valence electrons. The van der Waals surface area contributed by atoms with E-state index in [1.54, 1.807) is 12.1 Å². The number of carbonyl (C=O) groups excluding carboxylic acids is 4. The number of carboxylic acids is 1. The highest BCUT2D eigenvalue weighted by Gasteiger charge is 2.31. The summed E-state index contributed by atoms with van der Waals surface area (Å²) in [6.45, 7) is 3.64. The van der Waals surface area contributed by atoms with Gasteiger partial charge in [0.15, 0.2) is 0 Å². The highest BCUT2D eigenvalue weighted by atomic mass is 32.2. The number of phenols is 1. The summed E-state index contributed by atoms with van der Waals surface area (Å²) in [5.41, 5.74) is 11.4. The fourth-order valence-corrected chi connectivity index (χ4v) is 3.88. The van der Waals surface area contributed by atoms with E-state index in [1.165, 1.54) is 23.9 Å². The Bertz CT molecular complexity index is 942. The Balaban J connectivity index is 3.14. The molecule has 0 saturated heterocycles. The first kappa shape index (κ1) is 31.7. The summed E-state index contributed by atoms with van der Waals surface area (Å²) in [5, 5.41) is 26.7. The summed E-state index contributed by atoms with van der Waals surface area (Å²) >= 11 is 1.44. The van der Waals surface area contributed by atoms with E-state index < -0.39 is 60.2 Å². The molecule has 0 bridgehead atoms. The second-order valence-corrected chi connectivity index (χ2v) is 10.1. The van der Waals surface area contributed by atoms with Crippen LogP contribution in [0.25, 0.3) is 0 Å². The molecule has 0 saturated carbocycles. The van der Waals surface area contributed by atoms with Gasteiger partial charge in [0, 0.05) is 6.42 Å². The number of nitrogens with two attached hydrogens (primary N) is 2. The van der Waals surface area contributed by atoms with Crippen molar-refractivity contribution in [3.63, 3.8) is 0 Å². The van der Waals surface area contributed by atoms with Crippen molar-refractivity contribution in [2.24, 2.45) is 17.4 Å². The van der Waals surface area contributed by atoms with Gasteiger partial charge in [0.05, 0.1) is 12.5 Å². The lowest BCUT2D eigenvalue weighted by Gasteiger charge is -2.25. The van der Waals surface area contributed by atoms with Gasteiger partial charge in [-0.15, -0.1) is 0 Å². The number of carboxylic acid groups (broad SMARTS) is 1. The Morgan fingerprint density at radius 2 is 1.46 bits per heavy atom. The number of carbonyl (C=O) groups is 5. The summed E-state index contributed by atoms with van der Waals surface area (Å²) in [6.07, 6.45) is 1.81. The Labute approximate surface area is 220 Å². The molecule has 37 heavy (non-hydrogen) atoms. The molecule has 1 aromatic rings. The first-order valence-corrected chi connectivity index (χ1v) is 13.2. The van der Waals surface area contributed by atoms with Crippen LogP contribution in [0.5, 0.6) is 5.75 Å². The molecular formula is C24H37N5O7S. The molecule has 0 aliphatic carbocycles. The van der Waals surface area contributed by atoms with Crippen molar-refractivity contribution in [3.8, 4) is 5.75 Å². The van der Waals surface area contributed by atoms with Crippen molar-refractivity contribution in [2.45, 2.75) is 63.7 Å². The topological polar surface area (TPSA) is 214 Å². The Morgan fingerprint density at radius 1 is 0.919 bits per heavy atom. The van der Waals surface area contributed by atoms with Crippen molar-refractivity contribution < 1.29 is 34.2 Å². The van der Waals surface area contributed by atoms with Crippen molar-refractivity contribution in [1.29, 1.82) is 0 Å². The third-order valence-electron chi connectivity index (χ3n) is 5.33. The molecule has 1 aromatic carbocycles. The molecule has 13 heteroatoms. The summed E-state index contributed by atoms with van der Waals surface area (Å²) in [6, 6.07) is 1.33. The van der Waals surface area contributed by atoms with Gasteiger partial charge in [-0.3, -0.25) is 19.2 Å². The second kappa shape index (κ2) is 15.7. The average Bonchev–Trinajstić information content (AvgIpc) is 2.81. The summed E-state index contributed by atoms with van der Waals surface area (Å²) in [4.78, 5) is 61.5. The zero-order chi connectivity index (χ0) is 28.1. The Hall–Kier alpha value is -3.32. The van der Waals surface area contributed by atoms with Crippen molar-refractivity contribution in [3.05, 3.63) is 29.8 Å². The van der Waals surface area contributed by atoms with Gasteiger partial charge < -0.3 is 37.6 Å². The van der Waals surface area contributed by atoms with E-state index in [9.17, 15) is 34.2 Å². The van der Waals surface area contributed by atoms with Crippen LogP contribution in [-0.4, -0.2) is 76.0 Å². The van der Waals surface area contributed by atoms with E-state index >= 15 is 0 Å². The largest absolute Gasteiger partial charge is 0.508 e. The van der Waals surface area contributed by atoms with Crippen LogP contribution in [-0.2, 0) is 30.4 Å². The average molecular weight is 540 g/mol. The molecule has 4 amide bonds. The number of amides is 4. The van der Waals surface area contributed by atoms with E-state index in [0.29, 0.717) is 11.3 Å². The molecule has 0 spiro atoms. The first-order chi connectivity index (χ1) is 17.3. The van der Waals surface area contributed by atoms with Crippen LogP contribution >= 0.6 is 11.8 Å². The monoisotopic (exact) mass is 539 g/mol. The zero-order valence-corrected chi connectivity index (χ0v) is 22.0. The minimum atomic E-state index is -1.24. The Morgan fingerprint density at radius 3 is 1.97 bits per heavy atom. The number of hydrogen-bond donors (Lipinski definition) is 7. The number of aliphatic carboxylic acids is 1. The Kier molecular flexibility index (Phi) is 13.5. The van der Waals surface area contributed by atoms with Crippen LogP contribution in [0.1, 0.15) is 38.7 Å². The number of benzene rings is 1. The molecular weight excluding hydrogens is 502 g/mol. The molecule has 0 fully saturated rings. The number of rotatable bonds is 16. The number of hydrogen-bond acceptors (Lipinski definition) is 8. The van der Waals surface area contributed by atoms with Crippen LogP contribution in [0.4, 0.5) is 0 Å². The van der Waals surface area contributed by atoms with Crippen LogP contribution in [0.3, 0.4) is 0 Å². The van der Waals surface area contributed by atoms with Gasteiger partial charge in [-0.05, 0) is 48.5 Å². The van der Waals surface area contributed by atoms with E-state index in [1.807, 2.05) is 20.1 Å². The van der Waals surface area contributed by atoms with E-state index in [4.69, 9.17) is 11.5 Å². The molecule has 1 rings (SSSR count). The van der Waals surface area contributed by atoms with Gasteiger partial charge >= 0.3 is 5.97 Å². The number of thioether (sulfide) groups is 1. The summed E-state index contributed by atoms with van der Waals surface area (Å²) in [7, 11) is 0. The maximum absolute atomic E-state index is 13.2. The van der Waals surface area contributed by atoms with Crippen LogP contribution in [0, 0.1) is 5.92 Å². The molecule has 0 aliphatic rings. The maximum Gasteiger partial charge on any atom is 0.326 e. The molecule has 9 N–H and O–H groups in total. The second-order valence-electron chi connectivity index (χ2n) is 9.08. The van der Waals surface area contributed by atoms with Gasteiger partial charge in [0.1, 0.15) is 23.9 Å². The fraction of sp³-hybridized carbons (Fsp3) is 0.542. The van der Waals surface area contributed by atoms with Crippen LogP contribution in [0.2, 0.25) is 0 Å². The van der Waals surface area contributed by atoms with Gasteiger partial charge in [-0.1, -0.05) is 26.0 Å². The number of nitrogens with one attached hydrogen (secondary N) is 3. The number of primary amides is 1. The van der Waals surface area contributed by atoms with Crippen molar-refractivity contribution in [1.82, 2.24) is 16.0 Å². The lowest BCUT2D eigenvalue weighted by molar-refractivity contribution is -0.142. The van der Waals surface area contributed by atoms with E-state index in [-0.39, 0.29) is 30.9 Å². The maximum atomic E-state index is 13.2. The molecule has 0 heterocycles. The van der Waals surface area contributed by atoms with Gasteiger partial charge in [-0.2, -0.15) is 11.8 Å². The minimum Gasteiger partial charge on any atom is -0.508 e. The quantitative estimate of drug-likeness (QED) is 0.144. The van der Waals surface area contributed by atoms with Crippen LogP contribution < -0.4 is 27.4 Å². The molecule has 0 aliphatic heterocycles. The van der Waals surface area contributed by atoms with Crippen LogP contribution in [0.15, 0.2) is 24.3 Å². The molecule has 4 unspecified atom stereocenters. The summed E-state index contributed by atoms with van der Waals surface area (Å²) in [5.74, 6) is -3.61. The van der Waals surface area contributed by atoms with E-state index in [2.05, 4.69) is 16.0 Å². The first-order valence-electron chi connectivity index (χ1n) is 11.8. The predicted molar refractivity (Wildman–Crippen MR) is 139 cm³/mol. The normalized spacial score (nSPS) is 14.2. The van der Waals surface area contributed by atoms with Gasteiger partial charge in [0.25, 0.3) is 0 Å². The van der Waals surface area contributed by atoms with Crippen molar-refractivity contribution in [2.75, 3.05) is 12.0 Å². The highest BCUT2D eigenvalue weighted by molar-refractivity contribution is 7.98. The standard InChI is InChI=1S/C24H37N5O7S/c1-13(2)10-19(24(35)36)29-23(34)18(11-14-4-6-15(30)7-5-14)28-22(33)17(8-9-37-3)27-21(32)16(25)12-20(26)31/h4-7,13,16-19,30H,8-12,25H2,1-3H3,(H2,26,31)(H,27,32)(H,28,33)(H,29,34)(H,35,36). The van der Waals surface area contributed by atoms with Gasteiger partial charge in [0.2, 0.25) is 23.6 Å². The lowest BCUT2D eigenvalue weighted by Crippen LogP contribution is -2.58. The predicted octanol–water partition coefficient (Wildman–Crippen LogP) is -0.524. The SMILES string of the molecule is CSCCC(NC(=O)C(N)CC(N)=O)C(=O)NC(Cc1ccc(O)cc1)C(=O)NC(CC(C)C)C(=O)O. The molecule has 0 aromatic heterocycles. The minimum absolute atomic E-state index is 0.00372. The number of aromatic hydroxyl groups is 1. The molecule has 0 radical (unpaired) electrons. The van der Waals surface area contributed by atoms with E-state index in [0.717, 1.165) is 0 Å². The molecule has 4 atom stereocenters. The highest BCUT2D eigenvalue weighted by Crippen LogP contribution is 2.13. The smallest absolute Gasteiger partial charge is 0.326 e. The third kappa shape index (κ3) is 12.0. The zero-order valence-electron chi connectivity index (χ0n) is 21.2. The molecule has 12 nitrogen and oxygen atoms in total. The lowest BCUT2D eigenvalue weighted by atomic mass is 10.0.